The van der Waals surface area contributed by atoms with Crippen LogP contribution in [0.2, 0.25) is 0 Å². The van der Waals surface area contributed by atoms with Gasteiger partial charge in [-0.3, -0.25) is 4.79 Å². The molecule has 1 N–H and O–H groups in total. The average molecular weight is 343 g/mol. The molecule has 2 rings (SSSR count). The van der Waals surface area contributed by atoms with E-state index in [0.717, 1.165) is 25.1 Å². The van der Waals surface area contributed by atoms with Crippen LogP contribution in [0.3, 0.4) is 0 Å². The normalized spacial score (nSPS) is 15.3. The summed E-state index contributed by atoms with van der Waals surface area (Å²) in [5.41, 5.74) is 0.851. The zero-order valence-corrected chi connectivity index (χ0v) is 14.9. The van der Waals surface area contributed by atoms with Crippen molar-refractivity contribution in [3.63, 3.8) is 0 Å². The second-order valence-corrected chi connectivity index (χ2v) is 6.48. The van der Waals surface area contributed by atoms with Gasteiger partial charge in [0.05, 0.1) is 0 Å². The van der Waals surface area contributed by atoms with Gasteiger partial charge < -0.3 is 10.2 Å². The van der Waals surface area contributed by atoms with Gasteiger partial charge in [0.25, 0.3) is 0 Å². The number of hydrogen-bond acceptors (Lipinski definition) is 2. The van der Waals surface area contributed by atoms with Crippen molar-refractivity contribution in [1.29, 1.82) is 0 Å². The van der Waals surface area contributed by atoms with Gasteiger partial charge in [-0.25, -0.2) is 4.39 Å². The maximum atomic E-state index is 13.3. The lowest BCUT2D eigenvalue weighted by molar-refractivity contribution is -0.133. The molecule has 0 aromatic heterocycles. The molecule has 0 radical (unpaired) electrons. The second kappa shape index (κ2) is 9.89. The zero-order valence-electron chi connectivity index (χ0n) is 14.1. The van der Waals surface area contributed by atoms with Crippen LogP contribution in [0.1, 0.15) is 45.1 Å². The minimum atomic E-state index is -0.247. The molecule has 0 unspecified atom stereocenters. The van der Waals surface area contributed by atoms with Crippen molar-refractivity contribution in [2.24, 2.45) is 5.92 Å². The van der Waals surface area contributed by atoms with Crippen LogP contribution in [0.4, 0.5) is 4.39 Å². The van der Waals surface area contributed by atoms with Crippen LogP contribution in [-0.2, 0) is 11.3 Å². The van der Waals surface area contributed by atoms with E-state index in [0.29, 0.717) is 18.9 Å². The maximum Gasteiger partial charge on any atom is 0.223 e. The number of halogens is 2. The molecule has 1 aromatic rings. The van der Waals surface area contributed by atoms with Crippen LogP contribution in [0.25, 0.3) is 0 Å². The molecular formula is C18H28ClFN2O. The summed E-state index contributed by atoms with van der Waals surface area (Å²) in [5.74, 6) is 0.592. The molecule has 1 amide bonds. The minimum Gasteiger partial charge on any atom is -0.336 e. The highest BCUT2D eigenvalue weighted by atomic mass is 35.5. The third-order valence-corrected chi connectivity index (χ3v) is 4.41. The van der Waals surface area contributed by atoms with Crippen LogP contribution in [0.15, 0.2) is 24.3 Å². The Hall–Kier alpha value is -1.13. The van der Waals surface area contributed by atoms with Crippen LogP contribution < -0.4 is 5.32 Å². The monoisotopic (exact) mass is 342 g/mol. The summed E-state index contributed by atoms with van der Waals surface area (Å²) in [7, 11) is 0. The van der Waals surface area contributed by atoms with E-state index in [-0.39, 0.29) is 30.2 Å². The molecule has 0 saturated carbocycles. The van der Waals surface area contributed by atoms with Crippen LogP contribution >= 0.6 is 12.4 Å². The number of amides is 1. The smallest absolute Gasteiger partial charge is 0.223 e. The molecule has 1 heterocycles. The highest BCUT2D eigenvalue weighted by Crippen LogP contribution is 2.20. The first-order chi connectivity index (χ1) is 10.6. The lowest BCUT2D eigenvalue weighted by Gasteiger charge is -2.28. The van der Waals surface area contributed by atoms with Crippen molar-refractivity contribution in [2.75, 3.05) is 13.1 Å². The molecule has 130 valence electrons. The van der Waals surface area contributed by atoms with E-state index in [4.69, 9.17) is 0 Å². The van der Waals surface area contributed by atoms with Gasteiger partial charge in [0.1, 0.15) is 5.82 Å². The Balaban J connectivity index is 0.00000264. The van der Waals surface area contributed by atoms with Gasteiger partial charge in [-0.1, -0.05) is 12.1 Å². The molecule has 5 heteroatoms. The van der Waals surface area contributed by atoms with Crippen molar-refractivity contribution in [3.8, 4) is 0 Å². The molecular weight excluding hydrogens is 315 g/mol. The molecule has 1 aliphatic heterocycles. The molecule has 0 spiro atoms. The fourth-order valence-electron chi connectivity index (χ4n) is 3.03. The van der Waals surface area contributed by atoms with Crippen LogP contribution in [-0.4, -0.2) is 29.9 Å². The number of hydrogen-bond donors (Lipinski definition) is 1. The van der Waals surface area contributed by atoms with E-state index in [2.05, 4.69) is 5.32 Å². The largest absolute Gasteiger partial charge is 0.336 e. The van der Waals surface area contributed by atoms with Crippen molar-refractivity contribution in [1.82, 2.24) is 10.2 Å². The number of benzene rings is 1. The molecule has 1 aromatic carbocycles. The quantitative estimate of drug-likeness (QED) is 0.853. The van der Waals surface area contributed by atoms with Gasteiger partial charge in [-0.2, -0.15) is 0 Å². The third kappa shape index (κ3) is 6.48. The summed E-state index contributed by atoms with van der Waals surface area (Å²) < 4.78 is 13.3. The summed E-state index contributed by atoms with van der Waals surface area (Å²) in [6.45, 7) is 6.65. The lowest BCUT2D eigenvalue weighted by Crippen LogP contribution is -2.37. The van der Waals surface area contributed by atoms with E-state index in [1.165, 1.54) is 25.0 Å². The Morgan fingerprint density at radius 1 is 1.35 bits per heavy atom. The Morgan fingerprint density at radius 3 is 2.65 bits per heavy atom. The molecule has 1 aliphatic rings. The Bertz CT molecular complexity index is 490. The first-order valence-electron chi connectivity index (χ1n) is 8.31. The van der Waals surface area contributed by atoms with Crippen molar-refractivity contribution >= 4 is 18.3 Å². The predicted molar refractivity (Wildman–Crippen MR) is 94.2 cm³/mol. The fourth-order valence-corrected chi connectivity index (χ4v) is 3.03. The maximum absolute atomic E-state index is 13.3. The zero-order chi connectivity index (χ0) is 15.9. The van der Waals surface area contributed by atoms with Gasteiger partial charge >= 0.3 is 0 Å². The second-order valence-electron chi connectivity index (χ2n) is 6.48. The number of piperidine rings is 1. The Morgan fingerprint density at radius 2 is 2.04 bits per heavy atom. The van der Waals surface area contributed by atoms with Crippen LogP contribution in [0, 0.1) is 11.7 Å². The van der Waals surface area contributed by atoms with Gasteiger partial charge in [0, 0.05) is 19.0 Å². The number of nitrogens with zero attached hydrogens (tertiary/aromatic N) is 1. The summed E-state index contributed by atoms with van der Waals surface area (Å²) in [6.07, 6.45) is 3.89. The number of carbonyl (C=O) groups excluding carboxylic acids is 1. The van der Waals surface area contributed by atoms with Crippen molar-refractivity contribution in [3.05, 3.63) is 35.6 Å². The first kappa shape index (κ1) is 19.9. The molecule has 3 nitrogen and oxygen atoms in total. The summed E-state index contributed by atoms with van der Waals surface area (Å²) in [4.78, 5) is 14.4. The highest BCUT2D eigenvalue weighted by molar-refractivity contribution is 5.85. The van der Waals surface area contributed by atoms with Gasteiger partial charge in [0.15, 0.2) is 0 Å². The lowest BCUT2D eigenvalue weighted by atomic mass is 9.93. The standard InChI is InChI=1S/C18H27FN2O.ClH/c1-14(2)21(13-16-4-3-5-17(19)12-16)18(22)7-6-15-8-10-20-11-9-15;/h3-5,12,14-15,20H,6-11,13H2,1-2H3;1H. The van der Waals surface area contributed by atoms with E-state index >= 15 is 0 Å². The molecule has 0 atom stereocenters. The van der Waals surface area contributed by atoms with Crippen LogP contribution in [0.5, 0.6) is 0 Å². The summed E-state index contributed by atoms with van der Waals surface area (Å²) in [5, 5.41) is 3.35. The van der Waals surface area contributed by atoms with Crippen molar-refractivity contribution in [2.45, 2.75) is 52.1 Å². The Labute approximate surface area is 145 Å². The Kier molecular flexibility index (Phi) is 8.56. The summed E-state index contributed by atoms with van der Waals surface area (Å²) in [6, 6.07) is 6.64. The third-order valence-electron chi connectivity index (χ3n) is 4.41. The van der Waals surface area contributed by atoms with Gasteiger partial charge in [-0.05, 0) is 69.8 Å². The fraction of sp³-hybridized carbons (Fsp3) is 0.611. The van der Waals surface area contributed by atoms with Gasteiger partial charge in [-0.15, -0.1) is 12.4 Å². The van der Waals surface area contributed by atoms with Crippen molar-refractivity contribution < 1.29 is 9.18 Å². The predicted octanol–water partition coefficient (Wildman–Crippen LogP) is 3.76. The molecule has 0 aliphatic carbocycles. The van der Waals surface area contributed by atoms with E-state index in [1.54, 1.807) is 6.07 Å². The topological polar surface area (TPSA) is 32.3 Å². The average Bonchev–Trinajstić information content (AvgIpc) is 2.51. The molecule has 1 saturated heterocycles. The first-order valence-corrected chi connectivity index (χ1v) is 8.31. The summed E-state index contributed by atoms with van der Waals surface area (Å²) >= 11 is 0. The van der Waals surface area contributed by atoms with E-state index in [1.807, 2.05) is 24.8 Å². The van der Waals surface area contributed by atoms with E-state index in [9.17, 15) is 9.18 Å². The molecule has 23 heavy (non-hydrogen) atoms. The minimum absolute atomic E-state index is 0. The van der Waals surface area contributed by atoms with Gasteiger partial charge in [0.2, 0.25) is 5.91 Å². The number of nitrogens with one attached hydrogen (secondary N) is 1. The molecule has 1 fully saturated rings. The number of rotatable bonds is 6. The number of carbonyl (C=O) groups is 1. The SMILES string of the molecule is CC(C)N(Cc1cccc(F)c1)C(=O)CCC1CCNCC1.Cl. The highest BCUT2D eigenvalue weighted by Gasteiger charge is 2.20. The molecule has 0 bridgehead atoms. The van der Waals surface area contributed by atoms with E-state index < -0.39 is 0 Å².